The van der Waals surface area contributed by atoms with E-state index in [4.69, 9.17) is 4.74 Å². The summed E-state index contributed by atoms with van der Waals surface area (Å²) in [6, 6.07) is 3.85. The molecule has 10 nitrogen and oxygen atoms in total. The van der Waals surface area contributed by atoms with Gasteiger partial charge in [0.25, 0.3) is 23.1 Å². The predicted octanol–water partition coefficient (Wildman–Crippen LogP) is 1.45. The van der Waals surface area contributed by atoms with Crippen molar-refractivity contribution in [2.24, 2.45) is 5.92 Å². The smallest absolute Gasteiger partial charge is 0.278 e. The van der Waals surface area contributed by atoms with Gasteiger partial charge in [-0.2, -0.15) is 0 Å². The maximum atomic E-state index is 13.1. The molecule has 0 bridgehead atoms. The van der Waals surface area contributed by atoms with Gasteiger partial charge in [-0.15, -0.1) is 0 Å². The lowest BCUT2D eigenvalue weighted by Gasteiger charge is -2.39. The molecule has 2 aliphatic rings. The highest BCUT2D eigenvalue weighted by Crippen LogP contribution is 2.37. The number of nitro groups is 1. The maximum Gasteiger partial charge on any atom is 0.278 e. The molecule has 1 saturated heterocycles. The van der Waals surface area contributed by atoms with Crippen molar-refractivity contribution in [3.63, 3.8) is 0 Å². The molecule has 1 atom stereocenters. The van der Waals surface area contributed by atoms with Crippen LogP contribution in [0.2, 0.25) is 0 Å². The standard InChI is InChI=1S/C19H24N4O6/c1-11(2)20-16(24)12-6-8-22(9-7-12)18(26)19(3)17(25)21-14-10-13(23(27)28)4-5-15(14)29-19/h4-5,10-12H,6-9H2,1-3H3,(H,20,24)(H,21,25). The van der Waals surface area contributed by atoms with Crippen molar-refractivity contribution >= 4 is 29.1 Å². The summed E-state index contributed by atoms with van der Waals surface area (Å²) >= 11 is 0. The van der Waals surface area contributed by atoms with Gasteiger partial charge in [0.15, 0.2) is 0 Å². The van der Waals surface area contributed by atoms with Crippen LogP contribution in [0.3, 0.4) is 0 Å². The van der Waals surface area contributed by atoms with E-state index in [0.29, 0.717) is 25.9 Å². The summed E-state index contributed by atoms with van der Waals surface area (Å²) in [5, 5.41) is 16.3. The van der Waals surface area contributed by atoms with Crippen LogP contribution < -0.4 is 15.4 Å². The van der Waals surface area contributed by atoms with E-state index in [1.165, 1.54) is 30.0 Å². The first-order valence-electron chi connectivity index (χ1n) is 9.50. The molecule has 0 aromatic heterocycles. The van der Waals surface area contributed by atoms with Crippen molar-refractivity contribution < 1.29 is 24.0 Å². The Balaban J connectivity index is 1.70. The molecule has 1 fully saturated rings. The second-order valence-electron chi connectivity index (χ2n) is 7.76. The van der Waals surface area contributed by atoms with Crippen LogP contribution in [0.25, 0.3) is 0 Å². The van der Waals surface area contributed by atoms with Crippen LogP contribution in [0.5, 0.6) is 5.75 Å². The number of carbonyl (C=O) groups is 3. The number of ether oxygens (including phenoxy) is 1. The monoisotopic (exact) mass is 404 g/mol. The van der Waals surface area contributed by atoms with Gasteiger partial charge < -0.3 is 20.3 Å². The van der Waals surface area contributed by atoms with Gasteiger partial charge in [-0.3, -0.25) is 24.5 Å². The Labute approximate surface area is 167 Å². The summed E-state index contributed by atoms with van der Waals surface area (Å²) < 4.78 is 5.70. The van der Waals surface area contributed by atoms with Crippen LogP contribution in [0.4, 0.5) is 11.4 Å². The van der Waals surface area contributed by atoms with Gasteiger partial charge in [0, 0.05) is 37.2 Å². The molecule has 2 N–H and O–H groups in total. The highest BCUT2D eigenvalue weighted by atomic mass is 16.6. The number of likely N-dealkylation sites (tertiary alicyclic amines) is 1. The van der Waals surface area contributed by atoms with E-state index in [0.717, 1.165) is 0 Å². The highest BCUT2D eigenvalue weighted by molar-refractivity contribution is 6.15. The maximum absolute atomic E-state index is 13.1. The van der Waals surface area contributed by atoms with Crippen LogP contribution in [0.15, 0.2) is 18.2 Å². The second kappa shape index (κ2) is 7.69. The van der Waals surface area contributed by atoms with E-state index in [2.05, 4.69) is 10.6 Å². The third-order valence-electron chi connectivity index (χ3n) is 5.16. The molecule has 2 aliphatic heterocycles. The molecule has 1 unspecified atom stereocenters. The fourth-order valence-electron chi connectivity index (χ4n) is 3.52. The first kappa shape index (κ1) is 20.6. The highest BCUT2D eigenvalue weighted by Gasteiger charge is 2.50. The number of nitrogens with zero attached hydrogens (tertiary/aromatic N) is 2. The molecular formula is C19H24N4O6. The quantitative estimate of drug-likeness (QED) is 0.444. The number of amides is 3. The van der Waals surface area contributed by atoms with Crippen molar-refractivity contribution in [2.75, 3.05) is 18.4 Å². The Morgan fingerprint density at radius 1 is 1.34 bits per heavy atom. The van der Waals surface area contributed by atoms with E-state index in [9.17, 15) is 24.5 Å². The number of fused-ring (bicyclic) bond motifs is 1. The van der Waals surface area contributed by atoms with Gasteiger partial charge in [-0.25, -0.2) is 0 Å². The fourth-order valence-corrected chi connectivity index (χ4v) is 3.52. The molecule has 3 rings (SSSR count). The number of hydrogen-bond acceptors (Lipinski definition) is 6. The second-order valence-corrected chi connectivity index (χ2v) is 7.76. The van der Waals surface area contributed by atoms with Crippen molar-refractivity contribution in [3.05, 3.63) is 28.3 Å². The first-order chi connectivity index (χ1) is 13.6. The number of piperidine rings is 1. The average molecular weight is 404 g/mol. The molecule has 29 heavy (non-hydrogen) atoms. The average Bonchev–Trinajstić information content (AvgIpc) is 2.67. The first-order valence-corrected chi connectivity index (χ1v) is 9.50. The van der Waals surface area contributed by atoms with Crippen LogP contribution >= 0.6 is 0 Å². The Kier molecular flexibility index (Phi) is 5.45. The van der Waals surface area contributed by atoms with E-state index in [1.807, 2.05) is 13.8 Å². The van der Waals surface area contributed by atoms with E-state index >= 15 is 0 Å². The summed E-state index contributed by atoms with van der Waals surface area (Å²) in [6.07, 6.45) is 1.01. The molecule has 10 heteroatoms. The zero-order chi connectivity index (χ0) is 21.3. The number of anilines is 1. The summed E-state index contributed by atoms with van der Waals surface area (Å²) in [5.74, 6) is -1.19. The van der Waals surface area contributed by atoms with Gasteiger partial charge in [0.1, 0.15) is 5.75 Å². The largest absolute Gasteiger partial charge is 0.466 e. The van der Waals surface area contributed by atoms with Crippen molar-refractivity contribution in [1.82, 2.24) is 10.2 Å². The molecular weight excluding hydrogens is 380 g/mol. The number of nitro benzene ring substituents is 1. The number of non-ortho nitro benzene ring substituents is 1. The minimum atomic E-state index is -1.78. The molecule has 0 saturated carbocycles. The molecule has 156 valence electrons. The van der Waals surface area contributed by atoms with Gasteiger partial charge >= 0.3 is 0 Å². The predicted molar refractivity (Wildman–Crippen MR) is 103 cm³/mol. The van der Waals surface area contributed by atoms with Crippen molar-refractivity contribution in [3.8, 4) is 5.75 Å². The van der Waals surface area contributed by atoms with Crippen LogP contribution in [0.1, 0.15) is 33.6 Å². The Morgan fingerprint density at radius 2 is 2.00 bits per heavy atom. The molecule has 3 amide bonds. The minimum Gasteiger partial charge on any atom is -0.466 e. The zero-order valence-electron chi connectivity index (χ0n) is 16.6. The number of benzene rings is 1. The fraction of sp³-hybridized carbons (Fsp3) is 0.526. The Bertz CT molecular complexity index is 862. The number of rotatable bonds is 4. The zero-order valence-corrected chi connectivity index (χ0v) is 16.6. The van der Waals surface area contributed by atoms with E-state index < -0.39 is 22.3 Å². The minimum absolute atomic E-state index is 0.0273. The van der Waals surface area contributed by atoms with Gasteiger partial charge in [-0.05, 0) is 39.7 Å². The summed E-state index contributed by atoms with van der Waals surface area (Å²) in [7, 11) is 0. The Morgan fingerprint density at radius 3 is 2.59 bits per heavy atom. The summed E-state index contributed by atoms with van der Waals surface area (Å²) in [6.45, 7) is 5.85. The third-order valence-corrected chi connectivity index (χ3v) is 5.16. The number of nitrogens with one attached hydrogen (secondary N) is 2. The molecule has 0 spiro atoms. The molecule has 0 radical (unpaired) electrons. The van der Waals surface area contributed by atoms with Gasteiger partial charge in [-0.1, -0.05) is 0 Å². The van der Waals surface area contributed by atoms with Crippen molar-refractivity contribution in [2.45, 2.75) is 45.3 Å². The summed E-state index contributed by atoms with van der Waals surface area (Å²) in [4.78, 5) is 49.7. The lowest BCUT2D eigenvalue weighted by Crippen LogP contribution is -2.61. The van der Waals surface area contributed by atoms with Crippen molar-refractivity contribution in [1.29, 1.82) is 0 Å². The molecule has 1 aromatic rings. The molecule has 0 aliphatic carbocycles. The van der Waals surface area contributed by atoms with E-state index in [1.54, 1.807) is 0 Å². The molecule has 1 aromatic carbocycles. The molecule has 2 heterocycles. The topological polar surface area (TPSA) is 131 Å². The van der Waals surface area contributed by atoms with Crippen LogP contribution in [-0.4, -0.2) is 52.3 Å². The SMILES string of the molecule is CC(C)NC(=O)C1CCN(C(=O)C2(C)Oc3ccc([N+](=O)[O-])cc3NC2=O)CC1. The van der Waals surface area contributed by atoms with Gasteiger partial charge in [0.2, 0.25) is 5.91 Å². The van der Waals surface area contributed by atoms with E-state index in [-0.39, 0.29) is 35.0 Å². The third kappa shape index (κ3) is 4.01. The number of hydrogen-bond donors (Lipinski definition) is 2. The summed E-state index contributed by atoms with van der Waals surface area (Å²) in [5.41, 5.74) is -1.82. The lowest BCUT2D eigenvalue weighted by atomic mass is 9.93. The van der Waals surface area contributed by atoms with Gasteiger partial charge in [0.05, 0.1) is 10.6 Å². The lowest BCUT2D eigenvalue weighted by molar-refractivity contribution is -0.384. The number of carbonyl (C=O) groups excluding carboxylic acids is 3. The Hall–Kier alpha value is -3.17. The van der Waals surface area contributed by atoms with Crippen LogP contribution in [0, 0.1) is 16.0 Å². The normalized spacial score (nSPS) is 21.8. The van der Waals surface area contributed by atoms with Crippen LogP contribution in [-0.2, 0) is 14.4 Å².